The Kier molecular flexibility index (Phi) is 8.79. The van der Waals surface area contributed by atoms with Gasteiger partial charge in [0.1, 0.15) is 16.4 Å². The van der Waals surface area contributed by atoms with Gasteiger partial charge in [0.2, 0.25) is 5.91 Å². The summed E-state index contributed by atoms with van der Waals surface area (Å²) in [5.74, 6) is 1.22. The molecule has 0 fully saturated rings. The van der Waals surface area contributed by atoms with Crippen molar-refractivity contribution in [2.45, 2.75) is 51.6 Å². The number of anilines is 1. The zero-order valence-corrected chi connectivity index (χ0v) is 25.5. The summed E-state index contributed by atoms with van der Waals surface area (Å²) in [7, 11) is 3.48. The SMILES string of the molecule is CCOC(=O)c1c(NC(=O)CSc2nnc(-c3cc(C)n(C)n3)n2-c2ccccc2OC)sc2c1CC[C@H](CC)C2. The van der Waals surface area contributed by atoms with Gasteiger partial charge in [0.25, 0.3) is 0 Å². The minimum absolute atomic E-state index is 0.0664. The number of thiophene rings is 1. The predicted octanol–water partition coefficient (Wildman–Crippen LogP) is 5.47. The average molecular weight is 595 g/mol. The second kappa shape index (κ2) is 12.5. The third kappa shape index (κ3) is 5.89. The monoisotopic (exact) mass is 594 g/mol. The lowest BCUT2D eigenvalue weighted by molar-refractivity contribution is -0.113. The van der Waals surface area contributed by atoms with Gasteiger partial charge in [0, 0.05) is 17.6 Å². The van der Waals surface area contributed by atoms with Crippen LogP contribution >= 0.6 is 23.1 Å². The predicted molar refractivity (Wildman–Crippen MR) is 160 cm³/mol. The number of aryl methyl sites for hydroxylation is 2. The van der Waals surface area contributed by atoms with Gasteiger partial charge in [0.05, 0.1) is 30.7 Å². The van der Waals surface area contributed by atoms with Crippen LogP contribution in [0.15, 0.2) is 35.5 Å². The van der Waals surface area contributed by atoms with Crippen molar-refractivity contribution in [2.75, 3.05) is 24.8 Å². The molecule has 5 rings (SSSR count). The molecule has 4 aromatic rings. The summed E-state index contributed by atoms with van der Waals surface area (Å²) >= 11 is 2.75. The molecule has 1 aromatic carbocycles. The molecule has 0 aliphatic heterocycles. The minimum Gasteiger partial charge on any atom is -0.495 e. The first-order chi connectivity index (χ1) is 19.8. The molecular weight excluding hydrogens is 560 g/mol. The quantitative estimate of drug-likeness (QED) is 0.190. The molecule has 41 heavy (non-hydrogen) atoms. The van der Waals surface area contributed by atoms with Crippen LogP contribution < -0.4 is 10.1 Å². The van der Waals surface area contributed by atoms with Crippen LogP contribution in [0.5, 0.6) is 5.75 Å². The second-order valence-corrected chi connectivity index (χ2v) is 11.9. The molecule has 0 bridgehead atoms. The lowest BCUT2D eigenvalue weighted by Gasteiger charge is -2.20. The van der Waals surface area contributed by atoms with E-state index in [1.807, 2.05) is 48.9 Å². The molecule has 0 saturated heterocycles. The van der Waals surface area contributed by atoms with Crippen molar-refractivity contribution in [2.24, 2.45) is 13.0 Å². The number of ether oxygens (including phenoxy) is 2. The summed E-state index contributed by atoms with van der Waals surface area (Å²) in [6.45, 7) is 6.23. The molecule has 10 nitrogen and oxygen atoms in total. The highest BCUT2D eigenvalue weighted by atomic mass is 32.2. The smallest absolute Gasteiger partial charge is 0.341 e. The van der Waals surface area contributed by atoms with Crippen molar-refractivity contribution in [1.82, 2.24) is 24.5 Å². The fourth-order valence-electron chi connectivity index (χ4n) is 5.03. The number of fused-ring (bicyclic) bond motifs is 1. The third-order valence-corrected chi connectivity index (χ3v) is 9.41. The van der Waals surface area contributed by atoms with E-state index in [2.05, 4.69) is 27.5 Å². The zero-order chi connectivity index (χ0) is 29.1. The number of para-hydroxylation sites is 2. The molecule has 216 valence electrons. The molecule has 1 amide bonds. The number of hydrogen-bond donors (Lipinski definition) is 1. The van der Waals surface area contributed by atoms with Crippen molar-refractivity contribution >= 4 is 40.0 Å². The van der Waals surface area contributed by atoms with Crippen LogP contribution in [0, 0.1) is 12.8 Å². The van der Waals surface area contributed by atoms with E-state index in [0.29, 0.717) is 38.9 Å². The third-order valence-electron chi connectivity index (χ3n) is 7.31. The molecule has 1 aliphatic carbocycles. The van der Waals surface area contributed by atoms with Gasteiger partial charge >= 0.3 is 5.97 Å². The molecule has 0 radical (unpaired) electrons. The van der Waals surface area contributed by atoms with Crippen LogP contribution in [-0.2, 0) is 29.4 Å². The fraction of sp³-hybridized carbons (Fsp3) is 0.414. The van der Waals surface area contributed by atoms with E-state index in [4.69, 9.17) is 9.47 Å². The number of rotatable bonds is 10. The van der Waals surface area contributed by atoms with Crippen LogP contribution in [0.3, 0.4) is 0 Å². The summed E-state index contributed by atoms with van der Waals surface area (Å²) in [6.07, 6.45) is 3.87. The Morgan fingerprint density at radius 3 is 2.73 bits per heavy atom. The number of nitrogens with zero attached hydrogens (tertiary/aromatic N) is 5. The molecule has 1 aliphatic rings. The van der Waals surface area contributed by atoms with Gasteiger partial charge in [-0.1, -0.05) is 37.2 Å². The highest BCUT2D eigenvalue weighted by Gasteiger charge is 2.30. The molecule has 3 aromatic heterocycles. The first-order valence-electron chi connectivity index (χ1n) is 13.7. The van der Waals surface area contributed by atoms with E-state index < -0.39 is 0 Å². The number of aromatic nitrogens is 5. The number of hydrogen-bond acceptors (Lipinski definition) is 9. The van der Waals surface area contributed by atoms with Crippen molar-refractivity contribution in [1.29, 1.82) is 0 Å². The molecule has 12 heteroatoms. The first kappa shape index (κ1) is 28.9. The Balaban J connectivity index is 1.42. The van der Waals surface area contributed by atoms with Gasteiger partial charge in [0.15, 0.2) is 11.0 Å². The summed E-state index contributed by atoms with van der Waals surface area (Å²) in [5, 5.41) is 17.5. The Bertz CT molecular complexity index is 1550. The highest BCUT2D eigenvalue weighted by Crippen LogP contribution is 2.41. The Labute approximate surface area is 247 Å². The highest BCUT2D eigenvalue weighted by molar-refractivity contribution is 7.99. The van der Waals surface area contributed by atoms with Crippen molar-refractivity contribution in [3.8, 4) is 23.0 Å². The van der Waals surface area contributed by atoms with Gasteiger partial charge in [-0.2, -0.15) is 5.10 Å². The van der Waals surface area contributed by atoms with Crippen LogP contribution in [0.1, 0.15) is 53.2 Å². The fourth-order valence-corrected chi connectivity index (χ4v) is 7.14. The standard InChI is InChI=1S/C29H34N6O4S2/c1-6-18-12-13-19-23(15-18)41-27(25(19)28(37)39-7-2)30-24(36)16-40-29-32-31-26(20-14-17(3)34(4)33-20)35(29)21-10-8-9-11-22(21)38-5/h8-11,14,18H,6-7,12-13,15-16H2,1-5H3,(H,30,36)/t18-/m0/s1. The summed E-state index contributed by atoms with van der Waals surface area (Å²) in [4.78, 5) is 27.4. The minimum atomic E-state index is -0.380. The van der Waals surface area contributed by atoms with Crippen LogP contribution in [-0.4, -0.2) is 55.9 Å². The summed E-state index contributed by atoms with van der Waals surface area (Å²) in [5.41, 5.74) is 3.90. The number of amides is 1. The summed E-state index contributed by atoms with van der Waals surface area (Å²) in [6, 6.07) is 9.52. The van der Waals surface area contributed by atoms with Crippen LogP contribution in [0.4, 0.5) is 5.00 Å². The first-order valence-corrected chi connectivity index (χ1v) is 15.5. The number of esters is 1. The van der Waals surface area contributed by atoms with Gasteiger partial charge in [-0.05, 0) is 62.8 Å². The van der Waals surface area contributed by atoms with E-state index in [1.54, 1.807) is 18.7 Å². The molecule has 1 N–H and O–H groups in total. The number of carbonyl (C=O) groups excluding carboxylic acids is 2. The van der Waals surface area contributed by atoms with Gasteiger partial charge in [-0.15, -0.1) is 21.5 Å². The van der Waals surface area contributed by atoms with Gasteiger partial charge < -0.3 is 14.8 Å². The Morgan fingerprint density at radius 2 is 2.02 bits per heavy atom. The maximum Gasteiger partial charge on any atom is 0.341 e. The largest absolute Gasteiger partial charge is 0.495 e. The molecular formula is C29H34N6O4S2. The van der Waals surface area contributed by atoms with Crippen molar-refractivity contribution in [3.05, 3.63) is 52.0 Å². The Hall–Kier alpha value is -3.64. The van der Waals surface area contributed by atoms with E-state index in [-0.39, 0.29) is 24.2 Å². The number of thioether (sulfide) groups is 1. The number of methoxy groups -OCH3 is 1. The molecule has 1 atom stereocenters. The number of carbonyl (C=O) groups is 2. The maximum atomic E-state index is 13.3. The van der Waals surface area contributed by atoms with E-state index in [1.165, 1.54) is 28.0 Å². The van der Waals surface area contributed by atoms with Crippen LogP contribution in [0.25, 0.3) is 17.2 Å². The molecule has 0 saturated carbocycles. The normalized spacial score (nSPS) is 14.5. The van der Waals surface area contributed by atoms with E-state index in [0.717, 1.165) is 42.6 Å². The maximum absolute atomic E-state index is 13.3. The van der Waals surface area contributed by atoms with E-state index in [9.17, 15) is 9.59 Å². The van der Waals surface area contributed by atoms with Crippen molar-refractivity contribution < 1.29 is 19.1 Å². The van der Waals surface area contributed by atoms with Gasteiger partial charge in [-0.25, -0.2) is 4.79 Å². The molecule has 0 spiro atoms. The zero-order valence-electron chi connectivity index (χ0n) is 23.9. The van der Waals surface area contributed by atoms with Crippen LogP contribution in [0.2, 0.25) is 0 Å². The van der Waals surface area contributed by atoms with Crippen molar-refractivity contribution in [3.63, 3.8) is 0 Å². The lowest BCUT2D eigenvalue weighted by atomic mass is 9.85. The number of benzene rings is 1. The molecule has 0 unspecified atom stereocenters. The molecule has 3 heterocycles. The summed E-state index contributed by atoms with van der Waals surface area (Å²) < 4.78 is 14.6. The van der Waals surface area contributed by atoms with Gasteiger partial charge in [-0.3, -0.25) is 14.0 Å². The van der Waals surface area contributed by atoms with E-state index >= 15 is 0 Å². The average Bonchev–Trinajstić information content (AvgIpc) is 3.65. The lowest BCUT2D eigenvalue weighted by Crippen LogP contribution is -2.18. The Morgan fingerprint density at radius 1 is 1.22 bits per heavy atom. The topological polar surface area (TPSA) is 113 Å². The number of nitrogens with one attached hydrogen (secondary N) is 1. The second-order valence-electron chi connectivity index (χ2n) is 9.89.